The minimum absolute atomic E-state index is 1.69. The van der Waals surface area contributed by atoms with Crippen molar-refractivity contribution < 1.29 is 17.6 Å². The van der Waals surface area contributed by atoms with E-state index < -0.39 is 30.6 Å². The van der Waals surface area contributed by atoms with Crippen LogP contribution in [0.5, 0.6) is 0 Å². The van der Waals surface area contributed by atoms with Crippen LogP contribution in [0.25, 0.3) is 0 Å². The molecule has 0 fully saturated rings. The lowest BCUT2D eigenvalue weighted by atomic mass is 9.97. The summed E-state index contributed by atoms with van der Waals surface area (Å²) >= 11 is 30.4. The first-order valence-corrected chi connectivity index (χ1v) is 5.66. The van der Waals surface area contributed by atoms with E-state index in [2.05, 4.69) is 0 Å². The van der Waals surface area contributed by atoms with Crippen molar-refractivity contribution >= 4 is 69.6 Å². The van der Waals surface area contributed by atoms with Crippen LogP contribution in [-0.2, 0) is 0 Å². The zero-order chi connectivity index (χ0) is 13.2. The Morgan fingerprint density at radius 1 is 0.625 bits per heavy atom. The third kappa shape index (κ3) is 1.57. The molecule has 0 aromatic heterocycles. The highest BCUT2D eigenvalue weighted by Crippen LogP contribution is 2.67. The molecule has 0 aliphatic heterocycles. The predicted molar refractivity (Wildman–Crippen MR) is 57.5 cm³/mol. The smallest absolute Gasteiger partial charge is 0.197 e. The second-order valence-corrected chi connectivity index (χ2v) is 6.34. The Morgan fingerprint density at radius 3 is 1.00 bits per heavy atom. The van der Waals surface area contributed by atoms with Gasteiger partial charge in [0.05, 0.1) is 0 Å². The summed E-state index contributed by atoms with van der Waals surface area (Å²) in [6, 6.07) is 0. The number of hydrogen-bond donors (Lipinski definition) is 0. The van der Waals surface area contributed by atoms with Gasteiger partial charge in [-0.05, 0) is 0 Å². The SMILES string of the molecule is FC1(F)C(Cl)=C(Cl)C(F)(F)C(Cl)(Cl)C1(Cl)Cl. The highest BCUT2D eigenvalue weighted by molar-refractivity contribution is 6.65. The van der Waals surface area contributed by atoms with Gasteiger partial charge >= 0.3 is 11.8 Å². The minimum atomic E-state index is -4.31. The van der Waals surface area contributed by atoms with Gasteiger partial charge in [0.2, 0.25) is 8.67 Å². The van der Waals surface area contributed by atoms with Gasteiger partial charge in [-0.1, -0.05) is 69.6 Å². The van der Waals surface area contributed by atoms with Gasteiger partial charge in [0.1, 0.15) is 10.1 Å². The molecule has 0 N–H and O–H groups in total. The normalized spacial score (nSPS) is 30.4. The molecule has 0 bridgehead atoms. The van der Waals surface area contributed by atoms with Gasteiger partial charge in [0.25, 0.3) is 0 Å². The average Bonchev–Trinajstić information content (AvgIpc) is 2.12. The van der Waals surface area contributed by atoms with Crippen molar-refractivity contribution in [2.45, 2.75) is 20.5 Å². The number of rotatable bonds is 0. The zero-order valence-electron chi connectivity index (χ0n) is 6.78. The van der Waals surface area contributed by atoms with Gasteiger partial charge < -0.3 is 0 Å². The third-order valence-electron chi connectivity index (χ3n) is 1.93. The predicted octanol–water partition coefficient (Wildman–Crippen LogP) is 5.31. The van der Waals surface area contributed by atoms with Gasteiger partial charge in [-0.3, -0.25) is 0 Å². The number of alkyl halides is 8. The lowest BCUT2D eigenvalue weighted by Crippen LogP contribution is -2.63. The zero-order valence-corrected chi connectivity index (χ0v) is 11.3. The van der Waals surface area contributed by atoms with Crippen molar-refractivity contribution in [2.75, 3.05) is 0 Å². The molecule has 1 rings (SSSR count). The highest BCUT2D eigenvalue weighted by atomic mass is 35.5. The molecule has 0 saturated heterocycles. The molecule has 0 nitrogen and oxygen atoms in total. The van der Waals surface area contributed by atoms with E-state index >= 15 is 0 Å². The molecule has 0 amide bonds. The van der Waals surface area contributed by atoms with Crippen LogP contribution in [0.2, 0.25) is 0 Å². The summed E-state index contributed by atoms with van der Waals surface area (Å²) in [5, 5.41) is -3.39. The minimum Gasteiger partial charge on any atom is -0.197 e. The van der Waals surface area contributed by atoms with E-state index in [-0.39, 0.29) is 0 Å². The molecule has 0 saturated carbocycles. The molecule has 0 radical (unpaired) electrons. The van der Waals surface area contributed by atoms with E-state index in [0.29, 0.717) is 0 Å². The Labute approximate surface area is 117 Å². The fourth-order valence-electron chi connectivity index (χ4n) is 0.946. The quantitative estimate of drug-likeness (QED) is 0.406. The van der Waals surface area contributed by atoms with Crippen LogP contribution < -0.4 is 0 Å². The molecule has 94 valence electrons. The second-order valence-electron chi connectivity index (χ2n) is 2.93. The average molecular weight is 361 g/mol. The summed E-state index contributed by atoms with van der Waals surface area (Å²) < 4.78 is 46.6. The molecule has 10 heteroatoms. The number of hydrogen-bond acceptors (Lipinski definition) is 0. The van der Waals surface area contributed by atoms with Crippen LogP contribution in [0, 0.1) is 0 Å². The van der Waals surface area contributed by atoms with Crippen LogP contribution in [0.15, 0.2) is 10.1 Å². The molecule has 1 aliphatic rings. The standard InChI is InChI=1S/C6Cl6F4/c7-1-2(8)4(15,16)6(11,12)5(9,10)3(1,13)14. The van der Waals surface area contributed by atoms with Gasteiger partial charge in [0.15, 0.2) is 0 Å². The van der Waals surface area contributed by atoms with Crippen LogP contribution in [0.1, 0.15) is 0 Å². The molecule has 0 atom stereocenters. The van der Waals surface area contributed by atoms with Crippen LogP contribution in [-0.4, -0.2) is 20.5 Å². The van der Waals surface area contributed by atoms with Crippen molar-refractivity contribution in [2.24, 2.45) is 0 Å². The molecule has 0 aromatic rings. The molecule has 0 unspecified atom stereocenters. The van der Waals surface area contributed by atoms with Crippen LogP contribution in [0.3, 0.4) is 0 Å². The summed E-state index contributed by atoms with van der Waals surface area (Å²) in [4.78, 5) is 0. The van der Waals surface area contributed by atoms with Gasteiger partial charge in [-0.2, -0.15) is 17.6 Å². The van der Waals surface area contributed by atoms with E-state index in [4.69, 9.17) is 69.6 Å². The topological polar surface area (TPSA) is 0 Å². The van der Waals surface area contributed by atoms with Gasteiger partial charge in [-0.25, -0.2) is 0 Å². The summed E-state index contributed by atoms with van der Waals surface area (Å²) in [6.45, 7) is 0. The highest BCUT2D eigenvalue weighted by Gasteiger charge is 2.79. The van der Waals surface area contributed by atoms with Gasteiger partial charge in [0, 0.05) is 0 Å². The maximum atomic E-state index is 13.4. The van der Waals surface area contributed by atoms with Crippen molar-refractivity contribution in [1.29, 1.82) is 0 Å². The maximum absolute atomic E-state index is 13.4. The molecule has 1 aliphatic carbocycles. The third-order valence-corrected chi connectivity index (χ3v) is 5.35. The van der Waals surface area contributed by atoms with E-state index in [1.54, 1.807) is 0 Å². The van der Waals surface area contributed by atoms with Crippen molar-refractivity contribution in [3.8, 4) is 0 Å². The first-order valence-electron chi connectivity index (χ1n) is 3.39. The monoisotopic (exact) mass is 358 g/mol. The van der Waals surface area contributed by atoms with Crippen LogP contribution >= 0.6 is 69.6 Å². The summed E-state index contributed by atoms with van der Waals surface area (Å²) in [5.41, 5.74) is 0. The molecular formula is C6Cl6F4. The lowest BCUT2D eigenvalue weighted by Gasteiger charge is -2.45. The van der Waals surface area contributed by atoms with E-state index in [1.807, 2.05) is 0 Å². The Hall–Kier alpha value is 1.20. The molecule has 16 heavy (non-hydrogen) atoms. The molecule has 0 spiro atoms. The molecule has 0 heterocycles. The number of halogens is 10. The van der Waals surface area contributed by atoms with Crippen molar-refractivity contribution in [3.63, 3.8) is 0 Å². The summed E-state index contributed by atoms with van der Waals surface area (Å²) in [6.07, 6.45) is 0. The van der Waals surface area contributed by atoms with E-state index in [1.165, 1.54) is 0 Å². The molecular weight excluding hydrogens is 361 g/mol. The van der Waals surface area contributed by atoms with Crippen molar-refractivity contribution in [1.82, 2.24) is 0 Å². The fourth-order valence-corrected chi connectivity index (χ4v) is 2.51. The summed E-state index contributed by atoms with van der Waals surface area (Å²) in [5.74, 6) is -8.61. The van der Waals surface area contributed by atoms with Gasteiger partial charge in [-0.15, -0.1) is 0 Å². The van der Waals surface area contributed by atoms with Crippen molar-refractivity contribution in [3.05, 3.63) is 10.1 Å². The summed E-state index contributed by atoms with van der Waals surface area (Å²) in [7, 11) is 0. The second kappa shape index (κ2) is 3.84. The first kappa shape index (κ1) is 15.3. The Morgan fingerprint density at radius 2 is 0.812 bits per heavy atom. The Kier molecular flexibility index (Phi) is 3.67. The largest absolute Gasteiger partial charge is 0.320 e. The van der Waals surface area contributed by atoms with E-state index in [0.717, 1.165) is 0 Å². The molecule has 0 aromatic carbocycles. The van der Waals surface area contributed by atoms with E-state index in [9.17, 15) is 17.6 Å². The Bertz CT molecular complexity index is 326. The number of allylic oxidation sites excluding steroid dienone is 2. The fraction of sp³-hybridized carbons (Fsp3) is 0.667. The van der Waals surface area contributed by atoms with Crippen LogP contribution in [0.4, 0.5) is 17.6 Å². The maximum Gasteiger partial charge on any atom is 0.320 e. The lowest BCUT2D eigenvalue weighted by molar-refractivity contribution is -0.0526. The first-order chi connectivity index (χ1) is 6.82. The Balaban J connectivity index is 3.64.